The SMILES string of the molecule is S=C(N=Nc1ccccc1)NNc1ccccc1.[Cu+2]. The molecular weight excluding hydrogens is 308 g/mol. The van der Waals surface area contributed by atoms with Crippen molar-refractivity contribution in [3.05, 3.63) is 60.7 Å². The van der Waals surface area contributed by atoms with Gasteiger partial charge >= 0.3 is 17.1 Å². The fourth-order valence-corrected chi connectivity index (χ4v) is 1.36. The van der Waals surface area contributed by atoms with Crippen LogP contribution in [0.2, 0.25) is 0 Å². The van der Waals surface area contributed by atoms with Crippen LogP contribution in [0, 0.1) is 0 Å². The number of hydrogen-bond acceptors (Lipinski definition) is 3. The number of rotatable bonds is 3. The van der Waals surface area contributed by atoms with E-state index < -0.39 is 0 Å². The molecule has 0 aliphatic heterocycles. The van der Waals surface area contributed by atoms with E-state index in [1.54, 1.807) is 0 Å². The first kappa shape index (κ1) is 15.3. The van der Waals surface area contributed by atoms with Crippen LogP contribution in [-0.4, -0.2) is 5.11 Å². The normalized spacial score (nSPS) is 9.68. The molecule has 2 rings (SSSR count). The van der Waals surface area contributed by atoms with Gasteiger partial charge in [0.1, 0.15) is 0 Å². The third kappa shape index (κ3) is 5.61. The third-order valence-corrected chi connectivity index (χ3v) is 2.28. The van der Waals surface area contributed by atoms with E-state index >= 15 is 0 Å². The Morgan fingerprint density at radius 1 is 0.895 bits per heavy atom. The van der Waals surface area contributed by atoms with E-state index in [0.29, 0.717) is 0 Å². The second kappa shape index (κ2) is 8.37. The number of azo groups is 1. The molecule has 6 heteroatoms. The van der Waals surface area contributed by atoms with E-state index in [-0.39, 0.29) is 22.2 Å². The molecule has 99 valence electrons. The molecule has 0 aliphatic rings. The predicted octanol–water partition coefficient (Wildman–Crippen LogP) is 3.67. The van der Waals surface area contributed by atoms with E-state index in [0.717, 1.165) is 11.4 Å². The summed E-state index contributed by atoms with van der Waals surface area (Å²) >= 11 is 5.02. The van der Waals surface area contributed by atoms with Crippen molar-refractivity contribution < 1.29 is 17.1 Å². The van der Waals surface area contributed by atoms with Gasteiger partial charge in [-0.15, -0.1) is 10.2 Å². The molecule has 19 heavy (non-hydrogen) atoms. The Kier molecular flexibility index (Phi) is 6.74. The first-order valence-corrected chi connectivity index (χ1v) is 5.83. The number of benzene rings is 2. The molecule has 0 unspecified atom stereocenters. The number of nitrogens with one attached hydrogen (secondary N) is 2. The molecule has 0 bridgehead atoms. The zero-order chi connectivity index (χ0) is 12.6. The fourth-order valence-electron chi connectivity index (χ4n) is 1.27. The van der Waals surface area contributed by atoms with Gasteiger partial charge in [0, 0.05) is 0 Å². The summed E-state index contributed by atoms with van der Waals surface area (Å²) in [7, 11) is 0. The van der Waals surface area contributed by atoms with Crippen LogP contribution in [0.3, 0.4) is 0 Å². The summed E-state index contributed by atoms with van der Waals surface area (Å²) < 4.78 is 0. The number of nitrogens with zero attached hydrogens (tertiary/aromatic N) is 2. The quantitative estimate of drug-likeness (QED) is 0.393. The van der Waals surface area contributed by atoms with E-state index in [1.165, 1.54) is 0 Å². The maximum atomic E-state index is 5.02. The Bertz CT molecular complexity index is 531. The Labute approximate surface area is 127 Å². The zero-order valence-electron chi connectivity index (χ0n) is 9.88. The Hall–Kier alpha value is -1.75. The van der Waals surface area contributed by atoms with Gasteiger partial charge < -0.3 is 0 Å². The number of hydrogen-bond donors (Lipinski definition) is 2. The van der Waals surface area contributed by atoms with E-state index in [1.807, 2.05) is 60.7 Å². The van der Waals surface area contributed by atoms with Crippen LogP contribution >= 0.6 is 12.2 Å². The van der Waals surface area contributed by atoms with Crippen LogP contribution in [0.5, 0.6) is 0 Å². The molecule has 2 aromatic carbocycles. The molecule has 0 aliphatic carbocycles. The minimum atomic E-state index is 0. The Morgan fingerprint density at radius 2 is 1.47 bits per heavy atom. The molecule has 1 radical (unpaired) electrons. The predicted molar refractivity (Wildman–Crippen MR) is 76.8 cm³/mol. The second-order valence-corrected chi connectivity index (χ2v) is 3.84. The summed E-state index contributed by atoms with van der Waals surface area (Å²) in [5.41, 5.74) is 7.40. The number of anilines is 1. The van der Waals surface area contributed by atoms with Crippen molar-refractivity contribution in [3.8, 4) is 0 Å². The summed E-state index contributed by atoms with van der Waals surface area (Å²) in [6.07, 6.45) is 0. The van der Waals surface area contributed by atoms with Crippen LogP contribution in [0.25, 0.3) is 0 Å². The molecule has 0 saturated heterocycles. The minimum Gasteiger partial charge on any atom is -0.299 e. The molecule has 0 atom stereocenters. The number of hydrazine groups is 1. The summed E-state index contributed by atoms with van der Waals surface area (Å²) in [4.78, 5) is 0. The second-order valence-electron chi connectivity index (χ2n) is 3.46. The van der Waals surface area contributed by atoms with Crippen molar-refractivity contribution >= 4 is 28.7 Å². The first-order valence-electron chi connectivity index (χ1n) is 5.42. The van der Waals surface area contributed by atoms with Crippen LogP contribution in [0.15, 0.2) is 70.9 Å². The van der Waals surface area contributed by atoms with Crippen LogP contribution < -0.4 is 10.9 Å². The van der Waals surface area contributed by atoms with Gasteiger partial charge in [-0.25, -0.2) is 0 Å². The number of thiocarbonyl (C=S) groups is 1. The molecule has 2 N–H and O–H groups in total. The first-order chi connectivity index (χ1) is 8.84. The smallest absolute Gasteiger partial charge is 0.299 e. The molecule has 4 nitrogen and oxygen atoms in total. The van der Waals surface area contributed by atoms with E-state index in [9.17, 15) is 0 Å². The summed E-state index contributed by atoms with van der Waals surface area (Å²) in [5, 5.41) is 8.17. The summed E-state index contributed by atoms with van der Waals surface area (Å²) in [6.45, 7) is 0. The summed E-state index contributed by atoms with van der Waals surface area (Å²) in [6, 6.07) is 19.1. The molecule has 0 spiro atoms. The van der Waals surface area contributed by atoms with Crippen molar-refractivity contribution in [2.75, 3.05) is 5.43 Å². The van der Waals surface area contributed by atoms with Crippen LogP contribution in [0.4, 0.5) is 11.4 Å². The fraction of sp³-hybridized carbons (Fsp3) is 0. The van der Waals surface area contributed by atoms with Gasteiger partial charge in [-0.2, -0.15) is 0 Å². The zero-order valence-corrected chi connectivity index (χ0v) is 11.6. The molecule has 0 fully saturated rings. The number of para-hydroxylation sites is 1. The Morgan fingerprint density at radius 3 is 2.11 bits per heavy atom. The van der Waals surface area contributed by atoms with Crippen molar-refractivity contribution in [1.29, 1.82) is 0 Å². The minimum absolute atomic E-state index is 0. The van der Waals surface area contributed by atoms with Gasteiger partial charge in [-0.3, -0.25) is 10.9 Å². The maximum Gasteiger partial charge on any atom is 2.00 e. The van der Waals surface area contributed by atoms with E-state index in [2.05, 4.69) is 21.1 Å². The molecule has 2 aromatic rings. The van der Waals surface area contributed by atoms with Crippen molar-refractivity contribution in [1.82, 2.24) is 5.43 Å². The summed E-state index contributed by atoms with van der Waals surface area (Å²) in [5.74, 6) is 0. The molecule has 0 amide bonds. The average Bonchev–Trinajstić information content (AvgIpc) is 2.45. The van der Waals surface area contributed by atoms with Crippen LogP contribution in [0.1, 0.15) is 0 Å². The standard InChI is InChI=1S/C13H12N4S.Cu/c18-13(16-14-11-7-3-1-4-8-11)17-15-12-9-5-2-6-10-12;/h1-10,14H,(H,16,18);/q;+2. The molecule has 0 aromatic heterocycles. The van der Waals surface area contributed by atoms with Gasteiger partial charge in [-0.1, -0.05) is 36.4 Å². The monoisotopic (exact) mass is 319 g/mol. The third-order valence-electron chi connectivity index (χ3n) is 2.10. The van der Waals surface area contributed by atoms with Gasteiger partial charge in [-0.05, 0) is 36.5 Å². The van der Waals surface area contributed by atoms with Gasteiger partial charge in [0.2, 0.25) is 5.11 Å². The van der Waals surface area contributed by atoms with Gasteiger partial charge in [0.15, 0.2) is 0 Å². The van der Waals surface area contributed by atoms with Gasteiger partial charge in [0.25, 0.3) is 0 Å². The van der Waals surface area contributed by atoms with Crippen molar-refractivity contribution in [3.63, 3.8) is 0 Å². The molecular formula is C13H12CuN4S+2. The maximum absolute atomic E-state index is 5.02. The van der Waals surface area contributed by atoms with Crippen molar-refractivity contribution in [2.24, 2.45) is 10.2 Å². The largest absolute Gasteiger partial charge is 2.00 e. The molecule has 0 saturated carbocycles. The van der Waals surface area contributed by atoms with Crippen molar-refractivity contribution in [2.45, 2.75) is 0 Å². The van der Waals surface area contributed by atoms with Crippen LogP contribution in [-0.2, 0) is 17.1 Å². The topological polar surface area (TPSA) is 48.8 Å². The van der Waals surface area contributed by atoms with E-state index in [4.69, 9.17) is 12.2 Å². The average molecular weight is 320 g/mol. The van der Waals surface area contributed by atoms with Gasteiger partial charge in [0.05, 0.1) is 11.4 Å². The molecule has 0 heterocycles. The Balaban J connectivity index is 0.00000180.